The molecular formula is C66H86ClN15O13. The molecule has 0 aliphatic carbocycles. The first-order valence-corrected chi connectivity index (χ1v) is 31.3. The van der Waals surface area contributed by atoms with Crippen molar-refractivity contribution < 1.29 is 62.9 Å². The smallest absolute Gasteiger partial charge is 0.408 e. The van der Waals surface area contributed by atoms with Crippen molar-refractivity contribution in [2.75, 3.05) is 26.2 Å². The first-order chi connectivity index (χ1) is 45.1. The number of nitrogens with zero attached hydrogens (tertiary/aromatic N) is 2. The number of aromatic nitrogens is 2. The topological polar surface area (TPSA) is 442 Å². The van der Waals surface area contributed by atoms with Crippen LogP contribution in [0.5, 0.6) is 5.75 Å². The fourth-order valence-corrected chi connectivity index (χ4v) is 11.1. The van der Waals surface area contributed by atoms with Crippen LogP contribution in [0.2, 0.25) is 0 Å². The number of amides is 10. The first-order valence-electron chi connectivity index (χ1n) is 31.3. The predicted octanol–water partition coefficient (Wildman–Crippen LogP) is 1.49. The molecule has 4 aromatic carbocycles. The van der Waals surface area contributed by atoms with Crippen LogP contribution in [0.4, 0.5) is 4.79 Å². The summed E-state index contributed by atoms with van der Waals surface area (Å²) in [7, 11) is 0. The highest BCUT2D eigenvalue weighted by molar-refractivity contribution is 5.99. The van der Waals surface area contributed by atoms with Crippen molar-refractivity contribution in [2.45, 2.75) is 140 Å². The Bertz CT molecular complexity index is 3640. The number of rotatable bonds is 34. The first kappa shape index (κ1) is 73.8. The molecule has 1 fully saturated rings. The summed E-state index contributed by atoms with van der Waals surface area (Å²) in [6, 6.07) is 17.6. The van der Waals surface area contributed by atoms with Crippen LogP contribution in [0.1, 0.15) is 88.0 Å². The number of nitrogens with two attached hydrogens (primary N) is 3. The number of H-pyrrole nitrogens is 2. The number of aliphatic imine (C=N–C) groups is 1. The van der Waals surface area contributed by atoms with Gasteiger partial charge in [0.05, 0.1) is 6.61 Å². The fourth-order valence-electron chi connectivity index (χ4n) is 11.1. The van der Waals surface area contributed by atoms with Gasteiger partial charge in [-0.1, -0.05) is 92.7 Å². The highest BCUT2D eigenvalue weighted by Crippen LogP contribution is 2.24. The summed E-state index contributed by atoms with van der Waals surface area (Å²) in [5, 5.41) is 43.9. The quantitative estimate of drug-likeness (QED) is 0.0155. The van der Waals surface area contributed by atoms with E-state index in [0.717, 1.165) is 0 Å². The van der Waals surface area contributed by atoms with E-state index in [-0.39, 0.29) is 107 Å². The zero-order valence-electron chi connectivity index (χ0n) is 53.2. The van der Waals surface area contributed by atoms with E-state index in [0.29, 0.717) is 63.4 Å². The Hall–Kier alpha value is -10.2. The number of aromatic hydroxyl groups is 1. The number of guanidine groups is 1. The van der Waals surface area contributed by atoms with Gasteiger partial charge in [-0.2, -0.15) is 0 Å². The Morgan fingerprint density at radius 1 is 0.611 bits per heavy atom. The number of likely N-dealkylation sites (tertiary alicyclic amines) is 1. The van der Waals surface area contributed by atoms with Gasteiger partial charge in [0, 0.05) is 79.5 Å². The SMILES string of the molecule is CCNC(=O)[C@@H]1CCCN1C(=O)[C@H](CCCN=C(N)N)NC(=O)[C@H](CC(C)C)NC(=O)[C@@H](Cc1c[nH]c2ccccc12)NC(=O)[C@H](Cc1ccc(O)cc1)NC(=O)[C@H](CO)NC(=O)[C@H](Cc1c[nH]c2ccccc12)NC(=O)[C@H](CCC(N)=O)NC(=O)OCc1ccccc1.Cl. The maximum absolute atomic E-state index is 15.1. The zero-order valence-corrected chi connectivity index (χ0v) is 54.0. The maximum atomic E-state index is 15.1. The van der Waals surface area contributed by atoms with Crippen molar-refractivity contribution >= 4 is 99.4 Å². The average Bonchev–Trinajstić information content (AvgIpc) is 1.77. The van der Waals surface area contributed by atoms with Crippen LogP contribution in [-0.4, -0.2) is 165 Å². The number of alkyl carbamates (subject to hydrolysis) is 1. The molecule has 7 rings (SSSR count). The summed E-state index contributed by atoms with van der Waals surface area (Å²) in [5.41, 5.74) is 20.2. The number of phenols is 1. The average molecular weight is 1330 g/mol. The Balaban J connectivity index is 0.0000143. The number of para-hydroxylation sites is 2. The number of carbonyl (C=O) groups excluding carboxylic acids is 10. The van der Waals surface area contributed by atoms with Crippen molar-refractivity contribution in [1.82, 2.24) is 57.4 Å². The Morgan fingerprint density at radius 2 is 1.12 bits per heavy atom. The summed E-state index contributed by atoms with van der Waals surface area (Å²) in [6.45, 7) is 4.93. The number of phenolic OH excluding ortho intramolecular Hbond substituents is 1. The zero-order chi connectivity index (χ0) is 67.8. The molecule has 1 aliphatic heterocycles. The number of halogens is 1. The van der Waals surface area contributed by atoms with Crippen LogP contribution < -0.4 is 59.7 Å². The largest absolute Gasteiger partial charge is 0.508 e. The molecule has 0 spiro atoms. The van der Waals surface area contributed by atoms with Gasteiger partial charge < -0.3 is 89.6 Å². The second-order valence-electron chi connectivity index (χ2n) is 23.5. The number of likely N-dealkylation sites (N-methyl/N-ethyl adjacent to an activating group) is 1. The van der Waals surface area contributed by atoms with E-state index in [1.165, 1.54) is 29.2 Å². The number of aromatic amines is 2. The number of carbonyl (C=O) groups is 10. The van der Waals surface area contributed by atoms with E-state index >= 15 is 9.59 Å². The van der Waals surface area contributed by atoms with Gasteiger partial charge in [-0.15, -0.1) is 12.4 Å². The van der Waals surface area contributed by atoms with Crippen molar-refractivity contribution in [3.8, 4) is 5.75 Å². The molecule has 8 atom stereocenters. The van der Waals surface area contributed by atoms with E-state index < -0.39 is 108 Å². The van der Waals surface area contributed by atoms with Crippen LogP contribution in [0, 0.1) is 5.92 Å². The van der Waals surface area contributed by atoms with Gasteiger partial charge in [0.25, 0.3) is 0 Å². The lowest BCUT2D eigenvalue weighted by Crippen LogP contribution is -2.61. The summed E-state index contributed by atoms with van der Waals surface area (Å²) >= 11 is 0. The Morgan fingerprint density at radius 3 is 1.66 bits per heavy atom. The summed E-state index contributed by atoms with van der Waals surface area (Å²) in [4.78, 5) is 153. The van der Waals surface area contributed by atoms with E-state index in [1.54, 1.807) is 80.0 Å². The van der Waals surface area contributed by atoms with Gasteiger partial charge in [0.2, 0.25) is 53.2 Å². The van der Waals surface area contributed by atoms with Crippen molar-refractivity contribution in [3.05, 3.63) is 138 Å². The predicted molar refractivity (Wildman–Crippen MR) is 356 cm³/mol. The molecule has 0 radical (unpaired) electrons. The molecule has 95 heavy (non-hydrogen) atoms. The highest BCUT2D eigenvalue weighted by atomic mass is 35.5. The third-order valence-electron chi connectivity index (χ3n) is 15.9. The number of benzene rings is 4. The van der Waals surface area contributed by atoms with Crippen LogP contribution in [0.3, 0.4) is 0 Å². The lowest BCUT2D eigenvalue weighted by atomic mass is 9.99. The minimum absolute atomic E-state index is 0. The molecule has 3 heterocycles. The summed E-state index contributed by atoms with van der Waals surface area (Å²) < 4.78 is 5.35. The molecule has 510 valence electrons. The van der Waals surface area contributed by atoms with Gasteiger partial charge >= 0.3 is 6.09 Å². The Kier molecular flexibility index (Phi) is 28.2. The second kappa shape index (κ2) is 36.3. The molecule has 18 N–H and O–H groups in total. The molecule has 10 amide bonds. The van der Waals surface area contributed by atoms with Gasteiger partial charge in [0.15, 0.2) is 5.96 Å². The van der Waals surface area contributed by atoms with Gasteiger partial charge in [0.1, 0.15) is 60.7 Å². The third-order valence-corrected chi connectivity index (χ3v) is 15.9. The lowest BCUT2D eigenvalue weighted by Gasteiger charge is -2.30. The maximum Gasteiger partial charge on any atom is 0.408 e. The number of nitrogens with one attached hydrogen (secondary N) is 10. The third kappa shape index (κ3) is 21.9. The van der Waals surface area contributed by atoms with Crippen LogP contribution >= 0.6 is 12.4 Å². The van der Waals surface area contributed by atoms with E-state index in [2.05, 4.69) is 57.5 Å². The van der Waals surface area contributed by atoms with Crippen LogP contribution in [0.15, 0.2) is 121 Å². The monoisotopic (exact) mass is 1330 g/mol. The minimum Gasteiger partial charge on any atom is -0.508 e. The summed E-state index contributed by atoms with van der Waals surface area (Å²) in [6.07, 6.45) is 2.26. The number of ether oxygens (including phenoxy) is 1. The Labute approximate surface area is 555 Å². The number of fused-ring (bicyclic) bond motifs is 2. The molecule has 1 saturated heterocycles. The number of primary amides is 1. The number of hydrogen-bond acceptors (Lipinski definition) is 14. The van der Waals surface area contributed by atoms with E-state index in [4.69, 9.17) is 21.9 Å². The fraction of sp³-hybridized carbons (Fsp3) is 0.409. The van der Waals surface area contributed by atoms with E-state index in [1.807, 2.05) is 32.0 Å². The standard InChI is InChI=1S/C66H85N15O13.ClH/c1-4-70-63(91)55-21-13-29-81(55)64(92)49(20-12-28-71-65(68)69)74-58(86)50(30-38(2)3)75-60(88)52(32-41-34-72-46-18-10-8-16-44(41)46)78-59(87)51(31-39-22-24-43(83)25-23-39)76-62(90)54(36-82)79-61(89)53(33-42-35-73-47-19-11-9-17-45(42)47)77-57(85)48(26-27-56(67)84)80-66(93)94-37-40-14-6-5-7-15-40;/h5-11,14-19,22-25,34-35,38,48-55,72-73,82-83H,4,12-13,20-21,26-33,36-37H2,1-3H3,(H2,67,84)(H,70,91)(H,74,86)(H,75,88)(H,76,90)(H,77,85)(H,78,87)(H,79,89)(H,80,93)(H4,68,69,71);1H/t48-,49-,50-,51-,52+,53-,54-,55-;/m0./s1. The van der Waals surface area contributed by atoms with Crippen molar-refractivity contribution in [3.63, 3.8) is 0 Å². The molecule has 0 unspecified atom stereocenters. The van der Waals surface area contributed by atoms with E-state index in [9.17, 15) is 48.6 Å². The van der Waals surface area contributed by atoms with Gasteiger partial charge in [-0.05, 0) is 97.9 Å². The van der Waals surface area contributed by atoms with Crippen LogP contribution in [0.25, 0.3) is 21.8 Å². The molecule has 28 nitrogen and oxygen atoms in total. The minimum atomic E-state index is -1.81. The molecule has 0 saturated carbocycles. The number of aliphatic hydroxyl groups excluding tert-OH is 1. The molecule has 2 aromatic heterocycles. The van der Waals surface area contributed by atoms with Crippen LogP contribution in [-0.2, 0) is 73.8 Å². The number of hydrogen-bond donors (Lipinski definition) is 15. The lowest BCUT2D eigenvalue weighted by molar-refractivity contribution is -0.142. The van der Waals surface area contributed by atoms with Crippen molar-refractivity contribution in [2.24, 2.45) is 28.1 Å². The van der Waals surface area contributed by atoms with Gasteiger partial charge in [-0.3, -0.25) is 48.1 Å². The van der Waals surface area contributed by atoms with Gasteiger partial charge in [-0.25, -0.2) is 4.79 Å². The second-order valence-corrected chi connectivity index (χ2v) is 23.5. The molecule has 6 aromatic rings. The molecule has 0 bridgehead atoms. The molecule has 1 aliphatic rings. The molecule has 29 heteroatoms. The molecular weight excluding hydrogens is 1250 g/mol. The highest BCUT2D eigenvalue weighted by Gasteiger charge is 2.40. The summed E-state index contributed by atoms with van der Waals surface area (Å²) in [5.74, 6) is -7.65. The number of aliphatic hydroxyl groups is 1. The normalized spacial score (nSPS) is 14.9. The van der Waals surface area contributed by atoms with Crippen molar-refractivity contribution in [1.29, 1.82) is 0 Å².